The molecule has 8 rings (SSSR count). The normalized spacial score (nSPS) is 17.4. The summed E-state index contributed by atoms with van der Waals surface area (Å²) in [6.45, 7) is 6.69. The fraction of sp³-hybridized carbons (Fsp3) is 0.319. The number of aryl methyl sites for hydroxylation is 1. The number of methoxy groups -OCH3 is 1. The first kappa shape index (κ1) is 40.8. The molecule has 0 aliphatic carbocycles. The first-order valence-corrected chi connectivity index (χ1v) is 20.7. The molecule has 2 aliphatic heterocycles. The lowest BCUT2D eigenvalue weighted by Gasteiger charge is -2.29. The number of carbonyl (C=O) groups excluding carboxylic acids is 3. The van der Waals surface area contributed by atoms with E-state index >= 15 is 0 Å². The molecule has 2 aliphatic rings. The maximum absolute atomic E-state index is 14.1. The van der Waals surface area contributed by atoms with E-state index in [4.69, 9.17) is 9.72 Å². The van der Waals surface area contributed by atoms with E-state index in [1.54, 1.807) is 22.2 Å². The summed E-state index contributed by atoms with van der Waals surface area (Å²) >= 11 is 0. The highest BCUT2D eigenvalue weighted by Crippen LogP contribution is 2.36. The number of nitrogens with one attached hydrogen (secondary N) is 4. The summed E-state index contributed by atoms with van der Waals surface area (Å²) in [6.07, 6.45) is 4.84. The van der Waals surface area contributed by atoms with Crippen LogP contribution in [0.3, 0.4) is 0 Å². The molecule has 4 atom stereocenters. The molecule has 314 valence electrons. The van der Waals surface area contributed by atoms with E-state index in [9.17, 15) is 24.3 Å². The van der Waals surface area contributed by atoms with E-state index in [1.165, 1.54) is 7.11 Å². The Hall–Kier alpha value is -6.96. The number of hydrogen-bond acceptors (Lipinski definition) is 7. The van der Waals surface area contributed by atoms with Gasteiger partial charge in [0.1, 0.15) is 23.7 Å². The largest absolute Gasteiger partial charge is 0.465 e. The summed E-state index contributed by atoms with van der Waals surface area (Å²) in [7, 11) is 1.29. The number of hydrogen-bond donors (Lipinski definition) is 5. The number of aromatic nitrogens is 4. The highest BCUT2D eigenvalue weighted by molar-refractivity contribution is 5.91. The molecule has 2 fully saturated rings. The van der Waals surface area contributed by atoms with Crippen LogP contribution in [0.1, 0.15) is 80.4 Å². The number of carboxylic acid groups (broad SMARTS) is 1. The number of nitrogens with zero attached hydrogens (tertiary/aromatic N) is 4. The van der Waals surface area contributed by atoms with E-state index < -0.39 is 24.3 Å². The summed E-state index contributed by atoms with van der Waals surface area (Å²) in [5.41, 5.74) is 7.39. The second kappa shape index (κ2) is 17.3. The van der Waals surface area contributed by atoms with Crippen molar-refractivity contribution in [3.63, 3.8) is 0 Å². The number of benzene rings is 4. The Kier molecular flexibility index (Phi) is 11.6. The molecule has 4 amide bonds. The molecular weight excluding hydrogens is 773 g/mol. The van der Waals surface area contributed by atoms with E-state index in [2.05, 4.69) is 86.2 Å². The van der Waals surface area contributed by atoms with Gasteiger partial charge >= 0.3 is 12.2 Å². The zero-order chi connectivity index (χ0) is 42.8. The average molecular weight is 823 g/mol. The number of rotatable bonds is 11. The van der Waals surface area contributed by atoms with Crippen LogP contribution in [-0.2, 0) is 14.3 Å². The van der Waals surface area contributed by atoms with Crippen molar-refractivity contribution >= 4 is 34.8 Å². The van der Waals surface area contributed by atoms with Gasteiger partial charge in [-0.1, -0.05) is 86.6 Å². The van der Waals surface area contributed by atoms with Gasteiger partial charge in [0.2, 0.25) is 5.91 Å². The molecule has 2 saturated heterocycles. The summed E-state index contributed by atoms with van der Waals surface area (Å²) in [5.74, 6) is 0.766. The number of imidazole rings is 2. The van der Waals surface area contributed by atoms with Crippen LogP contribution in [-0.4, -0.2) is 85.1 Å². The van der Waals surface area contributed by atoms with Crippen molar-refractivity contribution in [3.05, 3.63) is 120 Å². The Bertz CT molecular complexity index is 2580. The molecule has 4 aromatic carbocycles. The van der Waals surface area contributed by atoms with Gasteiger partial charge in [0.25, 0.3) is 5.91 Å². The Labute approximate surface area is 353 Å². The number of likely N-dealkylation sites (tertiary alicyclic amines) is 2. The van der Waals surface area contributed by atoms with Gasteiger partial charge < -0.3 is 40.2 Å². The maximum Gasteiger partial charge on any atom is 0.407 e. The van der Waals surface area contributed by atoms with Gasteiger partial charge in [0.15, 0.2) is 0 Å². The van der Waals surface area contributed by atoms with Crippen LogP contribution >= 0.6 is 0 Å². The van der Waals surface area contributed by atoms with Crippen molar-refractivity contribution in [1.29, 1.82) is 0 Å². The number of carbonyl (C=O) groups is 4. The Morgan fingerprint density at radius 2 is 1.26 bits per heavy atom. The van der Waals surface area contributed by atoms with Gasteiger partial charge in [-0.25, -0.2) is 19.6 Å². The first-order chi connectivity index (χ1) is 29.5. The van der Waals surface area contributed by atoms with Crippen molar-refractivity contribution in [2.24, 2.45) is 5.92 Å². The molecule has 2 aromatic heterocycles. The smallest absolute Gasteiger partial charge is 0.407 e. The summed E-state index contributed by atoms with van der Waals surface area (Å²) < 4.78 is 4.87. The van der Waals surface area contributed by atoms with Gasteiger partial charge in [0.05, 0.1) is 43.0 Å². The molecule has 0 spiro atoms. The minimum atomic E-state index is -1.21. The summed E-state index contributed by atoms with van der Waals surface area (Å²) in [4.78, 5) is 71.1. The fourth-order valence-electron chi connectivity index (χ4n) is 8.72. The van der Waals surface area contributed by atoms with Crippen LogP contribution in [0, 0.1) is 12.8 Å². The molecule has 0 bridgehead atoms. The lowest BCUT2D eigenvalue weighted by atomic mass is 9.98. The zero-order valence-electron chi connectivity index (χ0n) is 34.6. The molecule has 0 radical (unpaired) electrons. The lowest BCUT2D eigenvalue weighted by molar-refractivity contribution is -0.135. The van der Waals surface area contributed by atoms with Crippen LogP contribution in [0.4, 0.5) is 9.59 Å². The van der Waals surface area contributed by atoms with Crippen LogP contribution < -0.4 is 10.6 Å². The van der Waals surface area contributed by atoms with Crippen molar-refractivity contribution in [2.45, 2.75) is 70.6 Å². The highest BCUT2D eigenvalue weighted by Gasteiger charge is 2.39. The summed E-state index contributed by atoms with van der Waals surface area (Å²) in [5, 5.41) is 16.6. The Morgan fingerprint density at radius 3 is 1.85 bits per heavy atom. The molecular formula is C47H50N8O6. The monoisotopic (exact) mass is 822 g/mol. The van der Waals surface area contributed by atoms with Gasteiger partial charge in [-0.15, -0.1) is 0 Å². The fourth-order valence-corrected chi connectivity index (χ4v) is 8.72. The maximum atomic E-state index is 14.1. The lowest BCUT2D eigenvalue weighted by Crippen LogP contribution is -2.50. The number of alkyl carbamates (subject to hydrolysis) is 1. The molecule has 0 saturated carbocycles. The second-order valence-electron chi connectivity index (χ2n) is 16.2. The average Bonchev–Trinajstić information content (AvgIpc) is 4.11. The third-order valence-corrected chi connectivity index (χ3v) is 12.0. The minimum Gasteiger partial charge on any atom is -0.465 e. The number of ether oxygens (including phenoxy) is 1. The predicted octanol–water partition coefficient (Wildman–Crippen LogP) is 8.31. The van der Waals surface area contributed by atoms with Crippen LogP contribution in [0.5, 0.6) is 0 Å². The third kappa shape index (κ3) is 8.43. The Morgan fingerprint density at radius 1 is 0.721 bits per heavy atom. The first-order valence-electron chi connectivity index (χ1n) is 20.7. The van der Waals surface area contributed by atoms with E-state index in [-0.39, 0.29) is 29.8 Å². The topological polar surface area (TPSA) is 186 Å². The van der Waals surface area contributed by atoms with E-state index in [0.717, 1.165) is 81.2 Å². The van der Waals surface area contributed by atoms with Crippen LogP contribution in [0.2, 0.25) is 0 Å². The number of aromatic amines is 2. The number of fused-ring (bicyclic) bond motifs is 1. The van der Waals surface area contributed by atoms with Gasteiger partial charge in [0, 0.05) is 18.7 Å². The minimum absolute atomic E-state index is 0.190. The van der Waals surface area contributed by atoms with Crippen molar-refractivity contribution < 1.29 is 29.0 Å². The number of amides is 4. The van der Waals surface area contributed by atoms with Crippen molar-refractivity contribution in [1.82, 2.24) is 40.4 Å². The van der Waals surface area contributed by atoms with Crippen LogP contribution in [0.15, 0.2) is 97.3 Å². The van der Waals surface area contributed by atoms with Gasteiger partial charge in [-0.3, -0.25) is 9.59 Å². The van der Waals surface area contributed by atoms with Gasteiger partial charge in [-0.2, -0.15) is 0 Å². The van der Waals surface area contributed by atoms with E-state index in [1.807, 2.05) is 45.0 Å². The quantitative estimate of drug-likeness (QED) is 0.0864. The predicted molar refractivity (Wildman–Crippen MR) is 231 cm³/mol. The third-order valence-electron chi connectivity index (χ3n) is 12.0. The SMILES string of the molecule is COC(=O)NC(C(=O)N1CCCC1c1ncc(-c2ccc(-c3ccc4cc(-c5cnc(C6CCCN6C(=O)C(NC(=O)O)C(C)C)[nH]5)ccc4c3)cc2)[nH]1)c1ccccc1C. The molecule has 14 nitrogen and oxygen atoms in total. The molecule has 14 heteroatoms. The second-order valence-corrected chi connectivity index (χ2v) is 16.2. The van der Waals surface area contributed by atoms with Crippen LogP contribution in [0.25, 0.3) is 44.4 Å². The van der Waals surface area contributed by atoms with Crippen molar-refractivity contribution in [3.8, 4) is 33.6 Å². The molecule has 5 N–H and O–H groups in total. The zero-order valence-corrected chi connectivity index (χ0v) is 34.6. The molecule has 4 heterocycles. The molecule has 61 heavy (non-hydrogen) atoms. The summed E-state index contributed by atoms with van der Waals surface area (Å²) in [6, 6.07) is 26.3. The standard InChI is InChI=1S/C47H50N8O6/c1-27(2)40(52-46(58)59)44(56)54-21-7-11-38(54)43-49-26-37(51-43)34-20-19-32-23-31(17-18-33(32)24-34)29-13-15-30(16-14-29)36-25-48-42(50-36)39-12-8-22-55(39)45(57)41(53-47(60)61-4)35-10-6-5-9-28(35)3/h5-6,9-10,13-20,23-27,38-41,52H,7-8,11-12,21-22H2,1-4H3,(H,48,50)(H,49,51)(H,53,60)(H,58,59). The van der Waals surface area contributed by atoms with E-state index in [0.29, 0.717) is 24.7 Å². The Balaban J connectivity index is 0.949. The molecule has 6 aromatic rings. The number of H-pyrrole nitrogens is 2. The van der Waals surface area contributed by atoms with Gasteiger partial charge in [-0.05, 0) is 89.2 Å². The molecule has 4 unspecified atom stereocenters. The van der Waals surface area contributed by atoms with Crippen molar-refractivity contribution in [2.75, 3.05) is 20.2 Å². The highest BCUT2D eigenvalue weighted by atomic mass is 16.5.